The van der Waals surface area contributed by atoms with E-state index in [0.717, 1.165) is 19.3 Å². The average Bonchev–Trinajstić information content (AvgIpc) is 0.920. The Morgan fingerprint density at radius 3 is 0.580 bits per heavy atom. The van der Waals surface area contributed by atoms with Crippen molar-refractivity contribution in [3.63, 3.8) is 0 Å². The molecule has 0 nitrogen and oxygen atoms in total. The molecule has 0 aliphatic heterocycles. The van der Waals surface area contributed by atoms with E-state index in [2.05, 4.69) is 504 Å². The lowest BCUT2D eigenvalue weighted by atomic mass is 9.76. The van der Waals surface area contributed by atoms with E-state index in [9.17, 15) is 0 Å². The van der Waals surface area contributed by atoms with E-state index in [1.807, 2.05) is 199 Å². The molecule has 150 heavy (non-hydrogen) atoms. The molecule has 0 saturated carbocycles. The van der Waals surface area contributed by atoms with Gasteiger partial charge in [0.15, 0.2) is 0 Å². The van der Waals surface area contributed by atoms with E-state index in [1.165, 1.54) is 181 Å². The number of hydrogen-bond donors (Lipinski definition) is 0. The van der Waals surface area contributed by atoms with Gasteiger partial charge in [-0.3, -0.25) is 0 Å². The average molecular weight is 1960 g/mol. The van der Waals surface area contributed by atoms with Crippen LogP contribution < -0.4 is 0 Å². The zero-order valence-electron chi connectivity index (χ0n) is 92.9. The molecule has 5 aliphatic rings. The van der Waals surface area contributed by atoms with E-state index in [4.69, 9.17) is 0 Å². The summed E-state index contributed by atoms with van der Waals surface area (Å²) in [4.78, 5) is 0. The van der Waals surface area contributed by atoms with E-state index in [-0.39, 0.29) is 0 Å². The highest BCUT2D eigenvalue weighted by atomic mass is 14.3. The molecule has 27 rings (SSSR count). The van der Waals surface area contributed by atoms with Crippen LogP contribution in [0.5, 0.6) is 0 Å². The zero-order valence-corrected chi connectivity index (χ0v) is 92.9. The van der Waals surface area contributed by atoms with Crippen LogP contribution >= 0.6 is 0 Å². The van der Waals surface area contributed by atoms with Crippen molar-refractivity contribution in [2.24, 2.45) is 5.92 Å². The third-order valence-electron chi connectivity index (χ3n) is 24.4. The van der Waals surface area contributed by atoms with Crippen molar-refractivity contribution >= 4 is 86.2 Å². The summed E-state index contributed by atoms with van der Waals surface area (Å²) in [6.45, 7) is 40.0. The Balaban J connectivity index is 0.000000200. The van der Waals surface area contributed by atoms with Gasteiger partial charge in [0.25, 0.3) is 0 Å². The first kappa shape index (κ1) is 119. The highest BCUT2D eigenvalue weighted by Gasteiger charge is 2.24. The molecule has 0 heteroatoms. The molecule has 0 unspecified atom stereocenters. The Kier molecular flexibility index (Phi) is 55.2. The van der Waals surface area contributed by atoms with Gasteiger partial charge in [-0.2, -0.15) is 0 Å². The summed E-state index contributed by atoms with van der Waals surface area (Å²) in [6.07, 6.45) is 22.9. The van der Waals surface area contributed by atoms with Crippen molar-refractivity contribution in [1.29, 1.82) is 0 Å². The zero-order chi connectivity index (χ0) is 108. The second kappa shape index (κ2) is 69.7. The standard InChI is InChI=1S/C18H14.C16H10.C14H10.C14H12.C14H10.2C13H10.C12H10.C10H8.C6H6.10C2H6/c1-3-7-15(8-4-1)17-11-13-18(14-12-17)16-9-5-2-6-10-16;1-3-11-7-9-13-5-2-6-14-10-8-12(4-1)15(11)16(13)14;1-3-7-13-11(5-1)9-10-12-6-2-4-8-14(12)13;2*1-2-6-12-10-14-8-4-3-7-13(14)9-11(12)5-1;1-4-10-6-2-8-12-9-3-7-11(5-1)13(10)12;1-3-7-12-10(5-1)9-11-6-2-4-8-13(11)12;1-3-7-11(8-4-1)12-9-5-2-6-10-12;1-2-6-10-8-4-3-7-9(10)5-1;1-2-4-6-5-3-1;10*1-2/h1-14H;1-10H;1-10H;1-8H,9-10H2;1-10H;1-9,13H;1-8H,9H2;1-10H;1-8H;1-6H;10*1-2H3. The number of fused-ring (bicyclic) bond motifs is 11. The van der Waals surface area contributed by atoms with Crippen LogP contribution in [0.25, 0.3) is 131 Å². The maximum atomic E-state index is 2.24. The lowest BCUT2D eigenvalue weighted by molar-refractivity contribution is 0.878. The first-order valence-electron chi connectivity index (χ1n) is 55.1. The number of benzene rings is 22. The number of allylic oxidation sites excluding steroid dienone is 12. The van der Waals surface area contributed by atoms with Gasteiger partial charge in [0.05, 0.1) is 0 Å². The van der Waals surface area contributed by atoms with Gasteiger partial charge in [-0.1, -0.05) is 691 Å². The summed E-state index contributed by atoms with van der Waals surface area (Å²) in [6, 6.07) is 179. The third-order valence-corrected chi connectivity index (χ3v) is 24.4. The molecule has 0 saturated heterocycles. The Labute approximate surface area is 902 Å². The van der Waals surface area contributed by atoms with E-state index in [1.54, 1.807) is 0 Å². The van der Waals surface area contributed by atoms with Gasteiger partial charge < -0.3 is 0 Å². The molecule has 5 aliphatic carbocycles. The van der Waals surface area contributed by atoms with E-state index in [0.29, 0.717) is 5.92 Å². The largest absolute Gasteiger partial charge is 0.0683 e. The van der Waals surface area contributed by atoms with Crippen LogP contribution in [-0.2, 0) is 19.3 Å². The van der Waals surface area contributed by atoms with Gasteiger partial charge in [-0.05, 0) is 212 Å². The minimum absolute atomic E-state index is 0.514. The Morgan fingerprint density at radius 2 is 0.320 bits per heavy atom. The van der Waals surface area contributed by atoms with Crippen LogP contribution in [0.2, 0.25) is 0 Å². The molecule has 0 bridgehead atoms. The lowest BCUT2D eigenvalue weighted by Gasteiger charge is -2.27. The van der Waals surface area contributed by atoms with Crippen LogP contribution in [0.4, 0.5) is 0 Å². The van der Waals surface area contributed by atoms with E-state index >= 15 is 0 Å². The smallest absolute Gasteiger partial charge is 0.0339 e. The van der Waals surface area contributed by atoms with Crippen LogP contribution in [-0.4, -0.2) is 0 Å². The molecule has 0 atom stereocenters. The number of hydrogen-bond acceptors (Lipinski definition) is 0. The summed E-state index contributed by atoms with van der Waals surface area (Å²) >= 11 is 0. The molecule has 0 aromatic heterocycles. The normalized spacial score (nSPS) is 11.0. The van der Waals surface area contributed by atoms with Crippen molar-refractivity contribution < 1.29 is 0 Å². The van der Waals surface area contributed by atoms with Crippen molar-refractivity contribution in [1.82, 2.24) is 0 Å². The molecule has 0 fully saturated rings. The fraction of sp³-hybridized carbons (Fsp3) is 0.160. The molecular weight excluding hydrogens is 1800 g/mol. The fourth-order valence-corrected chi connectivity index (χ4v) is 17.8. The summed E-state index contributed by atoms with van der Waals surface area (Å²) in [5.74, 6) is 0.514. The van der Waals surface area contributed by atoms with Gasteiger partial charge in [-0.15, -0.1) is 0 Å². The van der Waals surface area contributed by atoms with Crippen LogP contribution in [0.15, 0.2) is 581 Å². The van der Waals surface area contributed by atoms with Crippen molar-refractivity contribution in [3.05, 3.63) is 614 Å². The van der Waals surface area contributed by atoms with Crippen molar-refractivity contribution in [2.45, 2.75) is 158 Å². The molecule has 0 N–H and O–H groups in total. The molecule has 0 heterocycles. The van der Waals surface area contributed by atoms with Crippen molar-refractivity contribution in [3.8, 4) is 44.5 Å². The predicted octanol–water partition coefficient (Wildman–Crippen LogP) is 45.3. The summed E-state index contributed by atoms with van der Waals surface area (Å²) < 4.78 is 0. The SMILES string of the molecule is C1=CC2=CC=CC3=CC=CC(=C1)C23.CC.CC.CC.CC.CC.CC.CC.CC.CC.CC.c1cc2ccc3cccc4ccc(c1)c2c34.c1ccc(-c2ccc(-c3ccccc3)cc2)cc1.c1ccc(-c2ccccc2)cc1.c1ccc2c(c1)Cc1ccccc1-2.c1ccc2c(c1)Cc1ccccc1C2.c1ccc2c(c1)ccc1ccccc12.c1ccc2cc3ccccc3cc2c1.c1ccc2ccccc2c1.c1ccccc1. The second-order valence-electron chi connectivity index (χ2n) is 32.8. The number of rotatable bonds is 3. The lowest BCUT2D eigenvalue weighted by Crippen LogP contribution is -2.13. The van der Waals surface area contributed by atoms with Crippen molar-refractivity contribution in [2.75, 3.05) is 0 Å². The van der Waals surface area contributed by atoms with Gasteiger partial charge in [-0.25, -0.2) is 0 Å². The fourth-order valence-electron chi connectivity index (χ4n) is 17.8. The van der Waals surface area contributed by atoms with Crippen LogP contribution in [0.3, 0.4) is 0 Å². The van der Waals surface area contributed by atoms with Crippen LogP contribution in [0.1, 0.15) is 172 Å². The summed E-state index contributed by atoms with van der Waals surface area (Å²) in [7, 11) is 0. The third kappa shape index (κ3) is 34.6. The molecule has 0 spiro atoms. The molecule has 0 amide bonds. The second-order valence-corrected chi connectivity index (χ2v) is 32.8. The molecule has 22 aromatic rings. The minimum atomic E-state index is 0.514. The Hall–Kier alpha value is -16.4. The molecule has 760 valence electrons. The van der Waals surface area contributed by atoms with Gasteiger partial charge in [0, 0.05) is 5.92 Å². The quantitative estimate of drug-likeness (QED) is 0.122. The molecular formula is C150H160. The Bertz CT molecular complexity index is 7010. The van der Waals surface area contributed by atoms with E-state index < -0.39 is 0 Å². The maximum absolute atomic E-state index is 2.24. The monoisotopic (exact) mass is 1960 g/mol. The first-order valence-corrected chi connectivity index (χ1v) is 55.1. The maximum Gasteiger partial charge on any atom is 0.0339 e. The first-order chi connectivity index (χ1) is 74.5. The summed E-state index contributed by atoms with van der Waals surface area (Å²) in [5, 5.41) is 21.3. The highest BCUT2D eigenvalue weighted by Crippen LogP contribution is 2.40. The molecule has 0 radical (unpaired) electrons. The predicted molar refractivity (Wildman–Crippen MR) is 674 cm³/mol. The van der Waals surface area contributed by atoms with Gasteiger partial charge in [0.2, 0.25) is 0 Å². The van der Waals surface area contributed by atoms with Gasteiger partial charge >= 0.3 is 0 Å². The summed E-state index contributed by atoms with van der Waals surface area (Å²) in [5.41, 5.74) is 23.6. The Morgan fingerprint density at radius 1 is 0.140 bits per heavy atom. The van der Waals surface area contributed by atoms with Gasteiger partial charge in [0.1, 0.15) is 0 Å². The minimum Gasteiger partial charge on any atom is -0.0683 e. The molecule has 22 aromatic carbocycles. The van der Waals surface area contributed by atoms with Crippen LogP contribution in [0, 0.1) is 5.92 Å². The highest BCUT2D eigenvalue weighted by molar-refractivity contribution is 6.23. The topological polar surface area (TPSA) is 0 Å².